The summed E-state index contributed by atoms with van der Waals surface area (Å²) in [6.07, 6.45) is 4.25. The van der Waals surface area contributed by atoms with E-state index in [-0.39, 0.29) is 18.1 Å². The first kappa shape index (κ1) is 19.6. The minimum atomic E-state index is -0.0228. The standard InChI is InChI=1S/C21H27N5O3/c1-23-14-17-15-26(6-4-16(17)13-19(23)28)21(29)18-3-2-5-22-20(18)25-9-7-24(8-10-25)11-12-27/h2-3,5,13-14,27H,4,6-12,15H2,1H3. The Morgan fingerprint density at radius 2 is 1.97 bits per heavy atom. The minimum Gasteiger partial charge on any atom is -0.395 e. The van der Waals surface area contributed by atoms with Crippen LogP contribution in [0.3, 0.4) is 0 Å². The number of hydrogen-bond acceptors (Lipinski definition) is 6. The molecule has 0 radical (unpaired) electrons. The second-order valence-electron chi connectivity index (χ2n) is 7.68. The fourth-order valence-electron chi connectivity index (χ4n) is 4.12. The molecule has 0 saturated carbocycles. The maximum atomic E-state index is 13.3. The van der Waals surface area contributed by atoms with E-state index in [1.165, 1.54) is 0 Å². The molecule has 1 N–H and O–H groups in total. The lowest BCUT2D eigenvalue weighted by molar-refractivity contribution is 0.0734. The van der Waals surface area contributed by atoms with Crippen molar-refractivity contribution >= 4 is 11.7 Å². The van der Waals surface area contributed by atoms with Gasteiger partial charge in [0, 0.05) is 71.3 Å². The molecule has 154 valence electrons. The highest BCUT2D eigenvalue weighted by atomic mass is 16.3. The molecule has 1 saturated heterocycles. The monoisotopic (exact) mass is 397 g/mol. The molecule has 8 nitrogen and oxygen atoms in total. The van der Waals surface area contributed by atoms with Crippen LogP contribution in [0.1, 0.15) is 21.5 Å². The summed E-state index contributed by atoms with van der Waals surface area (Å²) in [5.74, 6) is 0.706. The third-order valence-electron chi connectivity index (χ3n) is 5.81. The second-order valence-corrected chi connectivity index (χ2v) is 7.68. The van der Waals surface area contributed by atoms with Gasteiger partial charge in [0.2, 0.25) is 0 Å². The highest BCUT2D eigenvalue weighted by Gasteiger charge is 2.27. The van der Waals surface area contributed by atoms with Gasteiger partial charge in [-0.1, -0.05) is 0 Å². The summed E-state index contributed by atoms with van der Waals surface area (Å²) in [4.78, 5) is 35.9. The average molecular weight is 397 g/mol. The van der Waals surface area contributed by atoms with Crippen molar-refractivity contribution in [1.82, 2.24) is 19.4 Å². The van der Waals surface area contributed by atoms with Gasteiger partial charge in [0.05, 0.1) is 12.2 Å². The van der Waals surface area contributed by atoms with Crippen LogP contribution in [0.15, 0.2) is 35.4 Å². The fourth-order valence-corrected chi connectivity index (χ4v) is 4.12. The van der Waals surface area contributed by atoms with Crippen LogP contribution in [0.25, 0.3) is 0 Å². The van der Waals surface area contributed by atoms with Crippen molar-refractivity contribution in [2.45, 2.75) is 13.0 Å². The Hall–Kier alpha value is -2.71. The molecule has 2 aliphatic heterocycles. The maximum Gasteiger partial charge on any atom is 0.257 e. The molecule has 4 heterocycles. The van der Waals surface area contributed by atoms with Crippen molar-refractivity contribution in [3.63, 3.8) is 0 Å². The van der Waals surface area contributed by atoms with Gasteiger partial charge < -0.3 is 19.5 Å². The van der Waals surface area contributed by atoms with Gasteiger partial charge in [-0.25, -0.2) is 4.98 Å². The van der Waals surface area contributed by atoms with Crippen molar-refractivity contribution in [2.24, 2.45) is 7.05 Å². The first-order chi connectivity index (χ1) is 14.1. The molecular formula is C21H27N5O3. The smallest absolute Gasteiger partial charge is 0.257 e. The van der Waals surface area contributed by atoms with Gasteiger partial charge in [0.25, 0.3) is 11.5 Å². The van der Waals surface area contributed by atoms with E-state index in [1.807, 2.05) is 17.2 Å². The van der Waals surface area contributed by atoms with E-state index in [2.05, 4.69) is 14.8 Å². The van der Waals surface area contributed by atoms with E-state index in [0.717, 1.165) is 43.1 Å². The summed E-state index contributed by atoms with van der Waals surface area (Å²) in [5.41, 5.74) is 2.66. The minimum absolute atomic E-state index is 0.0154. The normalized spacial score (nSPS) is 17.3. The number of aryl methyl sites for hydroxylation is 1. The predicted octanol–water partition coefficient (Wildman–Crippen LogP) is 0.0931. The SMILES string of the molecule is Cn1cc2c(cc1=O)CCN(C(=O)c1cccnc1N1CCN(CCO)CC1)C2. The zero-order valence-electron chi connectivity index (χ0n) is 16.8. The number of anilines is 1. The van der Waals surface area contributed by atoms with Crippen LogP contribution in [0.5, 0.6) is 0 Å². The number of β-amino-alcohol motifs (C(OH)–C–C–N with tert-alkyl or cyclic N) is 1. The Bertz CT molecular complexity index is 950. The summed E-state index contributed by atoms with van der Waals surface area (Å²) in [6, 6.07) is 5.33. The quantitative estimate of drug-likeness (QED) is 0.788. The topological polar surface area (TPSA) is 81.9 Å². The lowest BCUT2D eigenvalue weighted by Gasteiger charge is -2.36. The van der Waals surface area contributed by atoms with E-state index in [4.69, 9.17) is 5.11 Å². The number of carbonyl (C=O) groups is 1. The first-order valence-electron chi connectivity index (χ1n) is 10.1. The largest absolute Gasteiger partial charge is 0.395 e. The number of piperazine rings is 1. The van der Waals surface area contributed by atoms with Gasteiger partial charge >= 0.3 is 0 Å². The van der Waals surface area contributed by atoms with Crippen LogP contribution in [0.2, 0.25) is 0 Å². The van der Waals surface area contributed by atoms with Crippen molar-refractivity contribution in [1.29, 1.82) is 0 Å². The fraction of sp³-hybridized carbons (Fsp3) is 0.476. The van der Waals surface area contributed by atoms with E-state index in [1.54, 1.807) is 29.9 Å². The molecule has 0 aliphatic carbocycles. The lowest BCUT2D eigenvalue weighted by Crippen LogP contribution is -2.48. The Balaban J connectivity index is 1.53. The van der Waals surface area contributed by atoms with Crippen molar-refractivity contribution in [2.75, 3.05) is 50.8 Å². The predicted molar refractivity (Wildman–Crippen MR) is 110 cm³/mol. The van der Waals surface area contributed by atoms with Crippen LogP contribution in [-0.4, -0.2) is 76.2 Å². The number of aliphatic hydroxyl groups excluding tert-OH is 1. The molecule has 0 aromatic carbocycles. The van der Waals surface area contributed by atoms with E-state index >= 15 is 0 Å². The van der Waals surface area contributed by atoms with Crippen LogP contribution in [0, 0.1) is 0 Å². The number of hydrogen-bond donors (Lipinski definition) is 1. The molecule has 0 bridgehead atoms. The van der Waals surface area contributed by atoms with Crippen LogP contribution in [-0.2, 0) is 20.0 Å². The number of aromatic nitrogens is 2. The zero-order chi connectivity index (χ0) is 20.4. The van der Waals surface area contributed by atoms with Gasteiger partial charge in [0.15, 0.2) is 0 Å². The van der Waals surface area contributed by atoms with E-state index in [9.17, 15) is 9.59 Å². The number of amides is 1. The molecule has 1 fully saturated rings. The van der Waals surface area contributed by atoms with Crippen molar-refractivity contribution in [3.05, 3.63) is 57.6 Å². The third kappa shape index (κ3) is 4.04. The van der Waals surface area contributed by atoms with Gasteiger partial charge in [-0.15, -0.1) is 0 Å². The summed E-state index contributed by atoms with van der Waals surface area (Å²) in [7, 11) is 1.74. The summed E-state index contributed by atoms with van der Waals surface area (Å²) in [5, 5.41) is 9.13. The van der Waals surface area contributed by atoms with Gasteiger partial charge in [-0.05, 0) is 29.7 Å². The van der Waals surface area contributed by atoms with Crippen LogP contribution >= 0.6 is 0 Å². The molecule has 8 heteroatoms. The molecule has 0 spiro atoms. The number of carbonyl (C=O) groups excluding carboxylic acids is 1. The first-order valence-corrected chi connectivity index (χ1v) is 10.1. The third-order valence-corrected chi connectivity index (χ3v) is 5.81. The summed E-state index contributed by atoms with van der Waals surface area (Å²) < 4.78 is 1.56. The molecule has 2 aromatic heterocycles. The Labute approximate surface area is 170 Å². The zero-order valence-corrected chi connectivity index (χ0v) is 16.8. The molecule has 2 aromatic rings. The van der Waals surface area contributed by atoms with Gasteiger partial charge in [-0.2, -0.15) is 0 Å². The number of nitrogens with zero attached hydrogens (tertiary/aromatic N) is 5. The molecule has 2 aliphatic rings. The Morgan fingerprint density at radius 3 is 2.72 bits per heavy atom. The molecule has 4 rings (SSSR count). The van der Waals surface area contributed by atoms with Gasteiger partial charge in [-0.3, -0.25) is 14.5 Å². The maximum absolute atomic E-state index is 13.3. The number of pyridine rings is 2. The molecular weight excluding hydrogens is 370 g/mol. The van der Waals surface area contributed by atoms with E-state index in [0.29, 0.717) is 31.6 Å². The molecule has 1 amide bonds. The number of fused-ring (bicyclic) bond motifs is 1. The summed E-state index contributed by atoms with van der Waals surface area (Å²) >= 11 is 0. The molecule has 0 unspecified atom stereocenters. The Kier molecular flexibility index (Phi) is 5.64. The van der Waals surface area contributed by atoms with Crippen molar-refractivity contribution in [3.8, 4) is 0 Å². The van der Waals surface area contributed by atoms with Crippen LogP contribution < -0.4 is 10.5 Å². The lowest BCUT2D eigenvalue weighted by atomic mass is 10.0. The Morgan fingerprint density at radius 1 is 1.17 bits per heavy atom. The van der Waals surface area contributed by atoms with Gasteiger partial charge in [0.1, 0.15) is 5.82 Å². The average Bonchev–Trinajstić information content (AvgIpc) is 2.74. The van der Waals surface area contributed by atoms with E-state index < -0.39 is 0 Å². The second kappa shape index (κ2) is 8.34. The number of rotatable bonds is 4. The number of aliphatic hydroxyl groups is 1. The van der Waals surface area contributed by atoms with Crippen LogP contribution in [0.4, 0.5) is 5.82 Å². The highest BCUT2D eigenvalue weighted by molar-refractivity contribution is 5.99. The highest BCUT2D eigenvalue weighted by Crippen LogP contribution is 2.24. The molecule has 29 heavy (non-hydrogen) atoms. The molecule has 0 atom stereocenters. The summed E-state index contributed by atoms with van der Waals surface area (Å²) in [6.45, 7) is 5.18. The van der Waals surface area contributed by atoms with Crippen molar-refractivity contribution < 1.29 is 9.90 Å².